The average Bonchev–Trinajstić information content (AvgIpc) is 1.93. The summed E-state index contributed by atoms with van der Waals surface area (Å²) in [6, 6.07) is 8.05. The lowest BCUT2D eigenvalue weighted by Gasteiger charge is -2.01. The molecular weight excluding hydrogens is 156 g/mol. The molecule has 0 heterocycles. The van der Waals surface area contributed by atoms with Gasteiger partial charge in [0.2, 0.25) is 0 Å². The molecule has 11 heavy (non-hydrogen) atoms. The van der Waals surface area contributed by atoms with E-state index >= 15 is 0 Å². The Morgan fingerprint density at radius 2 is 2.00 bits per heavy atom. The van der Waals surface area contributed by atoms with Crippen LogP contribution in [0.3, 0.4) is 0 Å². The van der Waals surface area contributed by atoms with Crippen LogP contribution in [0, 0.1) is 6.92 Å². The van der Waals surface area contributed by atoms with E-state index in [0.29, 0.717) is 5.75 Å². The van der Waals surface area contributed by atoms with Gasteiger partial charge in [-0.3, -0.25) is 4.21 Å². The van der Waals surface area contributed by atoms with E-state index in [9.17, 15) is 4.21 Å². The SMILES string of the molecule is Cc1ccccc1CS(C)=O. The molecule has 0 aliphatic carbocycles. The zero-order chi connectivity index (χ0) is 8.27. The van der Waals surface area contributed by atoms with Crippen molar-refractivity contribution in [3.05, 3.63) is 35.4 Å². The molecule has 1 nitrogen and oxygen atoms in total. The van der Waals surface area contributed by atoms with Crippen molar-refractivity contribution in [2.45, 2.75) is 12.7 Å². The standard InChI is InChI=1S/C9H12OS/c1-8-5-3-4-6-9(8)7-11(2)10/h3-6H,7H2,1-2H3. The van der Waals surface area contributed by atoms with Gasteiger partial charge in [-0.25, -0.2) is 0 Å². The van der Waals surface area contributed by atoms with Crippen molar-refractivity contribution < 1.29 is 4.21 Å². The molecule has 60 valence electrons. The lowest BCUT2D eigenvalue weighted by atomic mass is 10.1. The third-order valence-electron chi connectivity index (χ3n) is 1.62. The van der Waals surface area contributed by atoms with Gasteiger partial charge >= 0.3 is 0 Å². The Balaban J connectivity index is 2.86. The number of hydrogen-bond donors (Lipinski definition) is 0. The average molecular weight is 168 g/mol. The van der Waals surface area contributed by atoms with Crippen molar-refractivity contribution in [3.63, 3.8) is 0 Å². The number of hydrogen-bond acceptors (Lipinski definition) is 1. The maximum atomic E-state index is 10.9. The van der Waals surface area contributed by atoms with Crippen molar-refractivity contribution in [2.24, 2.45) is 0 Å². The quantitative estimate of drug-likeness (QED) is 0.659. The third kappa shape index (κ3) is 2.46. The number of aryl methyl sites for hydroxylation is 1. The lowest BCUT2D eigenvalue weighted by molar-refractivity contribution is 0.686. The largest absolute Gasteiger partial charge is 0.260 e. The highest BCUT2D eigenvalue weighted by Gasteiger charge is 1.97. The molecule has 0 spiro atoms. The van der Waals surface area contributed by atoms with Gasteiger partial charge in [-0.2, -0.15) is 0 Å². The van der Waals surface area contributed by atoms with Gasteiger partial charge in [-0.1, -0.05) is 24.3 Å². The van der Waals surface area contributed by atoms with Crippen LogP contribution >= 0.6 is 0 Å². The molecular formula is C9H12OS. The molecule has 1 unspecified atom stereocenters. The Hall–Kier alpha value is -0.630. The van der Waals surface area contributed by atoms with E-state index in [2.05, 4.69) is 0 Å². The number of rotatable bonds is 2. The van der Waals surface area contributed by atoms with E-state index < -0.39 is 10.8 Å². The summed E-state index contributed by atoms with van der Waals surface area (Å²) >= 11 is 0. The molecule has 2 heteroatoms. The second-order valence-electron chi connectivity index (χ2n) is 2.64. The van der Waals surface area contributed by atoms with Gasteiger partial charge < -0.3 is 0 Å². The fourth-order valence-corrected chi connectivity index (χ4v) is 1.75. The van der Waals surface area contributed by atoms with Crippen molar-refractivity contribution in [1.29, 1.82) is 0 Å². The minimum absolute atomic E-state index is 0.673. The fraction of sp³-hybridized carbons (Fsp3) is 0.333. The molecule has 0 N–H and O–H groups in total. The minimum atomic E-state index is -0.727. The Kier molecular flexibility index (Phi) is 2.83. The van der Waals surface area contributed by atoms with E-state index in [1.165, 1.54) is 11.1 Å². The van der Waals surface area contributed by atoms with Crippen LogP contribution in [0.4, 0.5) is 0 Å². The monoisotopic (exact) mass is 168 g/mol. The van der Waals surface area contributed by atoms with Crippen molar-refractivity contribution in [2.75, 3.05) is 6.26 Å². The first kappa shape index (κ1) is 8.47. The van der Waals surface area contributed by atoms with Crippen LogP contribution in [-0.4, -0.2) is 10.5 Å². The maximum absolute atomic E-state index is 10.9. The van der Waals surface area contributed by atoms with E-state index in [-0.39, 0.29) is 0 Å². The summed E-state index contributed by atoms with van der Waals surface area (Å²) in [6.45, 7) is 2.04. The highest BCUT2D eigenvalue weighted by atomic mass is 32.2. The molecule has 0 amide bonds. The molecule has 0 aliphatic rings. The molecule has 0 bridgehead atoms. The highest BCUT2D eigenvalue weighted by Crippen LogP contribution is 2.08. The summed E-state index contributed by atoms with van der Waals surface area (Å²) in [5.41, 5.74) is 2.41. The van der Waals surface area contributed by atoms with Gasteiger partial charge in [-0.15, -0.1) is 0 Å². The van der Waals surface area contributed by atoms with Crippen LogP contribution in [0.15, 0.2) is 24.3 Å². The molecule has 0 aromatic heterocycles. The number of benzene rings is 1. The van der Waals surface area contributed by atoms with Crippen LogP contribution < -0.4 is 0 Å². The van der Waals surface area contributed by atoms with E-state index in [1.54, 1.807) is 6.26 Å². The first-order chi connectivity index (χ1) is 5.20. The van der Waals surface area contributed by atoms with Crippen LogP contribution in [-0.2, 0) is 16.6 Å². The van der Waals surface area contributed by atoms with E-state index in [0.717, 1.165) is 0 Å². The molecule has 1 rings (SSSR count). The molecule has 1 aromatic carbocycles. The highest BCUT2D eigenvalue weighted by molar-refractivity contribution is 7.83. The normalized spacial score (nSPS) is 12.9. The smallest absolute Gasteiger partial charge is 0.0485 e. The zero-order valence-corrected chi connectivity index (χ0v) is 7.65. The van der Waals surface area contributed by atoms with Crippen LogP contribution in [0.2, 0.25) is 0 Å². The van der Waals surface area contributed by atoms with Gasteiger partial charge in [0.1, 0.15) is 0 Å². The maximum Gasteiger partial charge on any atom is 0.0485 e. The molecule has 0 saturated carbocycles. The topological polar surface area (TPSA) is 17.1 Å². The summed E-state index contributed by atoms with van der Waals surface area (Å²) < 4.78 is 10.9. The van der Waals surface area contributed by atoms with Gasteiger partial charge in [0.15, 0.2) is 0 Å². The fourth-order valence-electron chi connectivity index (χ4n) is 0.991. The van der Waals surface area contributed by atoms with E-state index in [1.807, 2.05) is 31.2 Å². The summed E-state index contributed by atoms with van der Waals surface area (Å²) in [4.78, 5) is 0. The van der Waals surface area contributed by atoms with Crippen molar-refractivity contribution >= 4 is 10.8 Å². The molecule has 0 radical (unpaired) electrons. The van der Waals surface area contributed by atoms with Gasteiger partial charge in [0, 0.05) is 22.8 Å². The first-order valence-electron chi connectivity index (χ1n) is 3.54. The van der Waals surface area contributed by atoms with Crippen LogP contribution in [0.1, 0.15) is 11.1 Å². The Morgan fingerprint density at radius 3 is 2.55 bits per heavy atom. The van der Waals surface area contributed by atoms with Gasteiger partial charge in [0.05, 0.1) is 0 Å². The predicted molar refractivity (Wildman–Crippen MR) is 48.9 cm³/mol. The summed E-state index contributed by atoms with van der Waals surface area (Å²) in [5, 5.41) is 0. The van der Waals surface area contributed by atoms with Crippen LogP contribution in [0.25, 0.3) is 0 Å². The van der Waals surface area contributed by atoms with Gasteiger partial charge in [0.25, 0.3) is 0 Å². The Labute approximate surface area is 69.9 Å². The third-order valence-corrected chi connectivity index (χ3v) is 2.34. The summed E-state index contributed by atoms with van der Waals surface area (Å²) in [5.74, 6) is 0.673. The Bertz CT molecular complexity index is 268. The molecule has 1 aromatic rings. The molecule has 1 atom stereocenters. The lowest BCUT2D eigenvalue weighted by Crippen LogP contribution is -1.94. The molecule has 0 fully saturated rings. The second-order valence-corrected chi connectivity index (χ2v) is 4.08. The molecule has 0 saturated heterocycles. The minimum Gasteiger partial charge on any atom is -0.260 e. The first-order valence-corrected chi connectivity index (χ1v) is 5.27. The van der Waals surface area contributed by atoms with Crippen molar-refractivity contribution in [3.8, 4) is 0 Å². The second kappa shape index (κ2) is 3.67. The van der Waals surface area contributed by atoms with Crippen LogP contribution in [0.5, 0.6) is 0 Å². The predicted octanol–water partition coefficient (Wildman–Crippen LogP) is 1.87. The zero-order valence-electron chi connectivity index (χ0n) is 6.83. The van der Waals surface area contributed by atoms with E-state index in [4.69, 9.17) is 0 Å². The molecule has 0 aliphatic heterocycles. The Morgan fingerprint density at radius 1 is 1.36 bits per heavy atom. The van der Waals surface area contributed by atoms with Gasteiger partial charge in [-0.05, 0) is 18.1 Å². The summed E-state index contributed by atoms with van der Waals surface area (Å²) in [6.07, 6.45) is 1.73. The van der Waals surface area contributed by atoms with Crippen molar-refractivity contribution in [1.82, 2.24) is 0 Å². The summed E-state index contributed by atoms with van der Waals surface area (Å²) in [7, 11) is -0.727.